The summed E-state index contributed by atoms with van der Waals surface area (Å²) < 4.78 is 0. The van der Waals surface area contributed by atoms with Crippen LogP contribution in [-0.4, -0.2) is 11.2 Å². The van der Waals surface area contributed by atoms with Gasteiger partial charge in [-0.15, -0.1) is 0 Å². The molecule has 1 aromatic rings. The third kappa shape index (κ3) is 2.19. The number of rotatable bonds is 1. The van der Waals surface area contributed by atoms with Gasteiger partial charge in [-0.25, -0.2) is 0 Å². The zero-order valence-corrected chi connectivity index (χ0v) is 10.4. The first-order valence-electron chi connectivity index (χ1n) is 6.05. The largest absolute Gasteiger partial charge is 0.389 e. The average Bonchev–Trinajstić information content (AvgIpc) is 2.23. The van der Waals surface area contributed by atoms with Crippen LogP contribution in [0, 0.1) is 20.8 Å². The molecule has 16 heavy (non-hydrogen) atoms. The van der Waals surface area contributed by atoms with Gasteiger partial charge in [0.25, 0.3) is 0 Å². The fraction of sp³-hybridized carbons (Fsp3) is 0.467. The van der Waals surface area contributed by atoms with Crippen LogP contribution in [0.1, 0.15) is 41.5 Å². The lowest BCUT2D eigenvalue weighted by molar-refractivity contribution is 0.206. The van der Waals surface area contributed by atoms with E-state index < -0.39 is 0 Å². The maximum atomic E-state index is 9.68. The molecule has 0 amide bonds. The van der Waals surface area contributed by atoms with E-state index in [0.717, 1.165) is 19.3 Å². The van der Waals surface area contributed by atoms with E-state index in [-0.39, 0.29) is 6.10 Å². The molecule has 0 saturated heterocycles. The highest BCUT2D eigenvalue weighted by atomic mass is 16.3. The van der Waals surface area contributed by atoms with Crippen LogP contribution >= 0.6 is 0 Å². The second kappa shape index (κ2) is 4.42. The Hall–Kier alpha value is -1.08. The van der Waals surface area contributed by atoms with E-state index in [4.69, 9.17) is 0 Å². The third-order valence-corrected chi connectivity index (χ3v) is 3.53. The number of aliphatic hydroxyl groups is 1. The van der Waals surface area contributed by atoms with E-state index in [1.54, 1.807) is 0 Å². The number of hydrogen-bond donors (Lipinski definition) is 1. The summed E-state index contributed by atoms with van der Waals surface area (Å²) in [6, 6.07) is 4.50. The summed E-state index contributed by atoms with van der Waals surface area (Å²) in [5.41, 5.74) is 6.64. The smallest absolute Gasteiger partial charge is 0.0726 e. The Balaban J connectivity index is 2.44. The second-order valence-electron chi connectivity index (χ2n) is 4.90. The van der Waals surface area contributed by atoms with Gasteiger partial charge in [-0.2, -0.15) is 0 Å². The van der Waals surface area contributed by atoms with E-state index >= 15 is 0 Å². The summed E-state index contributed by atoms with van der Waals surface area (Å²) in [6.07, 6.45) is 4.89. The SMILES string of the molecule is Cc1cc(C)c(C2=CC(O)CCC2)cc1C. The van der Waals surface area contributed by atoms with Gasteiger partial charge >= 0.3 is 0 Å². The summed E-state index contributed by atoms with van der Waals surface area (Å²) in [4.78, 5) is 0. The lowest BCUT2D eigenvalue weighted by atomic mass is 9.88. The van der Waals surface area contributed by atoms with Crippen LogP contribution in [0.15, 0.2) is 18.2 Å². The highest BCUT2D eigenvalue weighted by Gasteiger charge is 2.14. The predicted molar refractivity (Wildman–Crippen MR) is 68.5 cm³/mol. The number of hydrogen-bond acceptors (Lipinski definition) is 1. The summed E-state index contributed by atoms with van der Waals surface area (Å²) in [7, 11) is 0. The topological polar surface area (TPSA) is 20.2 Å². The molecule has 86 valence electrons. The first kappa shape index (κ1) is 11.4. The molecule has 1 N–H and O–H groups in total. The van der Waals surface area contributed by atoms with Crippen LogP contribution in [0.3, 0.4) is 0 Å². The maximum absolute atomic E-state index is 9.68. The molecule has 1 aromatic carbocycles. The van der Waals surface area contributed by atoms with Crippen molar-refractivity contribution in [3.8, 4) is 0 Å². The Bertz CT molecular complexity index is 429. The Morgan fingerprint density at radius 3 is 2.44 bits per heavy atom. The zero-order valence-electron chi connectivity index (χ0n) is 10.4. The molecule has 0 saturated carbocycles. The van der Waals surface area contributed by atoms with E-state index in [0.29, 0.717) is 0 Å². The molecule has 1 nitrogen and oxygen atoms in total. The molecule has 1 heteroatoms. The van der Waals surface area contributed by atoms with Crippen molar-refractivity contribution in [2.75, 3.05) is 0 Å². The van der Waals surface area contributed by atoms with Gasteiger partial charge in [0.05, 0.1) is 6.10 Å². The van der Waals surface area contributed by atoms with Crippen molar-refractivity contribution in [2.45, 2.75) is 46.1 Å². The standard InChI is InChI=1S/C15H20O/c1-10-7-12(3)15(8-11(10)2)13-5-4-6-14(16)9-13/h7-9,14,16H,4-6H2,1-3H3. The summed E-state index contributed by atoms with van der Waals surface area (Å²) in [5.74, 6) is 0. The van der Waals surface area contributed by atoms with Crippen LogP contribution < -0.4 is 0 Å². The average molecular weight is 216 g/mol. The molecule has 1 unspecified atom stereocenters. The normalized spacial score (nSPS) is 20.8. The Labute approximate surface area is 97.8 Å². The second-order valence-corrected chi connectivity index (χ2v) is 4.90. The fourth-order valence-corrected chi connectivity index (χ4v) is 2.43. The Morgan fingerprint density at radius 2 is 1.75 bits per heavy atom. The molecule has 0 aliphatic heterocycles. The molecule has 0 heterocycles. The Morgan fingerprint density at radius 1 is 1.06 bits per heavy atom. The molecule has 1 atom stereocenters. The number of benzene rings is 1. The quantitative estimate of drug-likeness (QED) is 0.761. The van der Waals surface area contributed by atoms with Gasteiger partial charge in [0.1, 0.15) is 0 Å². The highest BCUT2D eigenvalue weighted by molar-refractivity contribution is 5.70. The van der Waals surface area contributed by atoms with Gasteiger partial charge in [0.15, 0.2) is 0 Å². The van der Waals surface area contributed by atoms with Crippen LogP contribution in [0.2, 0.25) is 0 Å². The molecule has 0 bridgehead atoms. The molecule has 1 aliphatic rings. The minimum atomic E-state index is -0.246. The lowest BCUT2D eigenvalue weighted by Crippen LogP contribution is -2.09. The molecular weight excluding hydrogens is 196 g/mol. The van der Waals surface area contributed by atoms with E-state index in [1.807, 2.05) is 6.08 Å². The van der Waals surface area contributed by atoms with Gasteiger partial charge in [-0.05, 0) is 67.9 Å². The van der Waals surface area contributed by atoms with Crippen molar-refractivity contribution in [1.82, 2.24) is 0 Å². The van der Waals surface area contributed by atoms with E-state index in [2.05, 4.69) is 32.9 Å². The lowest BCUT2D eigenvalue weighted by Gasteiger charge is -2.19. The predicted octanol–water partition coefficient (Wildman–Crippen LogP) is 3.54. The van der Waals surface area contributed by atoms with Crippen molar-refractivity contribution < 1.29 is 5.11 Å². The zero-order chi connectivity index (χ0) is 11.7. The minimum Gasteiger partial charge on any atom is -0.389 e. The molecule has 0 radical (unpaired) electrons. The molecule has 0 aromatic heterocycles. The van der Waals surface area contributed by atoms with Crippen molar-refractivity contribution in [3.63, 3.8) is 0 Å². The van der Waals surface area contributed by atoms with Gasteiger partial charge in [0, 0.05) is 0 Å². The van der Waals surface area contributed by atoms with Gasteiger partial charge in [-0.3, -0.25) is 0 Å². The molecule has 1 aliphatic carbocycles. The van der Waals surface area contributed by atoms with Crippen LogP contribution in [0.5, 0.6) is 0 Å². The van der Waals surface area contributed by atoms with Crippen LogP contribution in [0.4, 0.5) is 0 Å². The van der Waals surface area contributed by atoms with E-state index in [1.165, 1.54) is 27.8 Å². The summed E-state index contributed by atoms with van der Waals surface area (Å²) in [5, 5.41) is 9.68. The number of aryl methyl sites for hydroxylation is 3. The highest BCUT2D eigenvalue weighted by Crippen LogP contribution is 2.30. The van der Waals surface area contributed by atoms with Crippen LogP contribution in [0.25, 0.3) is 5.57 Å². The first-order chi connectivity index (χ1) is 7.58. The van der Waals surface area contributed by atoms with Gasteiger partial charge in [-0.1, -0.05) is 18.2 Å². The molecule has 0 spiro atoms. The summed E-state index contributed by atoms with van der Waals surface area (Å²) >= 11 is 0. The van der Waals surface area contributed by atoms with Crippen LogP contribution in [-0.2, 0) is 0 Å². The Kier molecular flexibility index (Phi) is 3.15. The molecule has 2 rings (SSSR count). The summed E-state index contributed by atoms with van der Waals surface area (Å²) in [6.45, 7) is 6.46. The van der Waals surface area contributed by atoms with Gasteiger partial charge in [0.2, 0.25) is 0 Å². The third-order valence-electron chi connectivity index (χ3n) is 3.53. The molecular formula is C15H20O. The van der Waals surface area contributed by atoms with Crippen molar-refractivity contribution in [3.05, 3.63) is 40.5 Å². The first-order valence-corrected chi connectivity index (χ1v) is 6.05. The minimum absolute atomic E-state index is 0.246. The fourth-order valence-electron chi connectivity index (χ4n) is 2.43. The van der Waals surface area contributed by atoms with Crippen molar-refractivity contribution in [2.24, 2.45) is 0 Å². The van der Waals surface area contributed by atoms with Crippen molar-refractivity contribution in [1.29, 1.82) is 0 Å². The van der Waals surface area contributed by atoms with Crippen molar-refractivity contribution >= 4 is 5.57 Å². The maximum Gasteiger partial charge on any atom is 0.0726 e. The van der Waals surface area contributed by atoms with E-state index in [9.17, 15) is 5.11 Å². The molecule has 0 fully saturated rings. The number of allylic oxidation sites excluding steroid dienone is 1. The van der Waals surface area contributed by atoms with Gasteiger partial charge < -0.3 is 5.11 Å². The number of aliphatic hydroxyl groups excluding tert-OH is 1. The monoisotopic (exact) mass is 216 g/mol.